The Balaban J connectivity index is 1.18. The number of para-hydroxylation sites is 2. The maximum absolute atomic E-state index is 13.3. The molecule has 0 atom stereocenters. The van der Waals surface area contributed by atoms with E-state index in [1.165, 1.54) is 11.3 Å². The van der Waals surface area contributed by atoms with Crippen molar-refractivity contribution in [2.24, 2.45) is 5.92 Å². The van der Waals surface area contributed by atoms with Gasteiger partial charge in [0.2, 0.25) is 0 Å². The van der Waals surface area contributed by atoms with Crippen LogP contribution < -0.4 is 10.5 Å². The number of aromatic amines is 1. The number of nitrogens with zero attached hydrogens (tertiary/aromatic N) is 4. The van der Waals surface area contributed by atoms with Crippen molar-refractivity contribution < 1.29 is 4.79 Å². The van der Waals surface area contributed by atoms with Crippen molar-refractivity contribution in [3.63, 3.8) is 0 Å². The number of H-pyrrole nitrogens is 1. The van der Waals surface area contributed by atoms with Gasteiger partial charge in [0, 0.05) is 31.9 Å². The summed E-state index contributed by atoms with van der Waals surface area (Å²) < 4.78 is 1.65. The lowest BCUT2D eigenvalue weighted by Gasteiger charge is -2.34. The van der Waals surface area contributed by atoms with E-state index >= 15 is 0 Å². The minimum absolute atomic E-state index is 0.0594. The molecule has 32 heavy (non-hydrogen) atoms. The van der Waals surface area contributed by atoms with Crippen molar-refractivity contribution in [3.05, 3.63) is 76.2 Å². The molecule has 1 fully saturated rings. The van der Waals surface area contributed by atoms with Gasteiger partial charge in [0.1, 0.15) is 11.2 Å². The molecule has 2 aliphatic rings. The van der Waals surface area contributed by atoms with Gasteiger partial charge < -0.3 is 14.8 Å². The second-order valence-corrected chi connectivity index (χ2v) is 8.85. The molecule has 4 aromatic rings. The molecule has 0 aliphatic carbocycles. The van der Waals surface area contributed by atoms with Crippen LogP contribution in [0.25, 0.3) is 16.6 Å². The lowest BCUT2D eigenvalue weighted by molar-refractivity contribution is 0.0694. The molecule has 2 aromatic heterocycles. The summed E-state index contributed by atoms with van der Waals surface area (Å²) in [4.78, 5) is 33.0. The summed E-state index contributed by atoms with van der Waals surface area (Å²) in [7, 11) is 0. The van der Waals surface area contributed by atoms with Crippen molar-refractivity contribution in [3.8, 4) is 0 Å². The predicted molar refractivity (Wildman–Crippen MR) is 124 cm³/mol. The third kappa shape index (κ3) is 3.07. The number of fused-ring (bicyclic) bond motifs is 4. The Bertz CT molecular complexity index is 1380. The molecule has 7 nitrogen and oxygen atoms in total. The van der Waals surface area contributed by atoms with E-state index in [0.717, 1.165) is 45.4 Å². The SMILES string of the molecule is O=C(c1cnn2c1[nH]c(=O)c1ccccc12)N1CCC(CN2CCc3ccccc32)CC1. The molecule has 1 N–H and O–H groups in total. The zero-order valence-corrected chi connectivity index (χ0v) is 17.8. The quantitative estimate of drug-likeness (QED) is 0.545. The van der Waals surface area contributed by atoms with Gasteiger partial charge in [-0.1, -0.05) is 30.3 Å². The van der Waals surface area contributed by atoms with Gasteiger partial charge in [-0.15, -0.1) is 0 Å². The Morgan fingerprint density at radius 1 is 1.03 bits per heavy atom. The minimum atomic E-state index is -0.202. The first-order valence-corrected chi connectivity index (χ1v) is 11.3. The number of anilines is 1. The van der Waals surface area contributed by atoms with Crippen LogP contribution in [0.5, 0.6) is 0 Å². The molecule has 1 saturated heterocycles. The van der Waals surface area contributed by atoms with E-state index in [1.807, 2.05) is 23.1 Å². The van der Waals surface area contributed by atoms with Gasteiger partial charge in [-0.05, 0) is 48.9 Å². The smallest absolute Gasteiger partial charge is 0.259 e. The Morgan fingerprint density at radius 2 is 1.81 bits per heavy atom. The molecule has 0 bridgehead atoms. The van der Waals surface area contributed by atoms with Crippen LogP contribution in [-0.2, 0) is 6.42 Å². The Hall–Kier alpha value is -3.61. The highest BCUT2D eigenvalue weighted by atomic mass is 16.2. The van der Waals surface area contributed by atoms with Gasteiger partial charge in [-0.3, -0.25) is 9.59 Å². The van der Waals surface area contributed by atoms with Crippen molar-refractivity contribution in [2.75, 3.05) is 31.1 Å². The van der Waals surface area contributed by atoms with Gasteiger partial charge in [-0.25, -0.2) is 4.52 Å². The summed E-state index contributed by atoms with van der Waals surface area (Å²) in [6.07, 6.45) is 4.68. The Kier molecular flexibility index (Phi) is 4.48. The van der Waals surface area contributed by atoms with E-state index < -0.39 is 0 Å². The molecule has 0 unspecified atom stereocenters. The summed E-state index contributed by atoms with van der Waals surface area (Å²) in [5, 5.41) is 4.96. The fraction of sp³-hybridized carbons (Fsp3) is 0.320. The molecular formula is C25H25N5O2. The van der Waals surface area contributed by atoms with Crippen LogP contribution in [0.1, 0.15) is 28.8 Å². The Labute approximate surface area is 185 Å². The lowest BCUT2D eigenvalue weighted by atomic mass is 9.95. The average molecular weight is 428 g/mol. The van der Waals surface area contributed by atoms with E-state index in [0.29, 0.717) is 28.0 Å². The zero-order chi connectivity index (χ0) is 21.7. The van der Waals surface area contributed by atoms with Gasteiger partial charge in [-0.2, -0.15) is 5.10 Å². The summed E-state index contributed by atoms with van der Waals surface area (Å²) >= 11 is 0. The third-order valence-electron chi connectivity index (χ3n) is 6.97. The van der Waals surface area contributed by atoms with E-state index in [9.17, 15) is 9.59 Å². The van der Waals surface area contributed by atoms with Gasteiger partial charge in [0.05, 0.1) is 17.1 Å². The summed E-state index contributed by atoms with van der Waals surface area (Å²) in [5.41, 5.74) is 4.24. The van der Waals surface area contributed by atoms with E-state index in [2.05, 4.69) is 39.2 Å². The molecule has 0 saturated carbocycles. The first kappa shape index (κ1) is 19.1. The molecular weight excluding hydrogens is 402 g/mol. The first-order chi connectivity index (χ1) is 15.7. The minimum Gasteiger partial charge on any atom is -0.371 e. The maximum Gasteiger partial charge on any atom is 0.259 e. The van der Waals surface area contributed by atoms with Crippen molar-refractivity contribution in [2.45, 2.75) is 19.3 Å². The van der Waals surface area contributed by atoms with Crippen molar-refractivity contribution in [1.82, 2.24) is 19.5 Å². The first-order valence-electron chi connectivity index (χ1n) is 11.3. The van der Waals surface area contributed by atoms with E-state index in [4.69, 9.17) is 0 Å². The molecule has 0 radical (unpaired) electrons. The number of rotatable bonds is 3. The van der Waals surface area contributed by atoms with E-state index in [-0.39, 0.29) is 11.5 Å². The fourth-order valence-electron chi connectivity index (χ4n) is 5.23. The standard InChI is InChI=1S/C25H25N5O2/c31-24-19-6-2-4-8-22(19)30-23(27-24)20(15-26-30)25(32)28-12-9-17(10-13-28)16-29-14-11-18-5-1-3-7-21(18)29/h1-8,15,17H,9-14,16H2,(H,27,31). The monoisotopic (exact) mass is 427 g/mol. The number of amides is 1. The number of aromatic nitrogens is 3. The molecule has 162 valence electrons. The largest absolute Gasteiger partial charge is 0.371 e. The van der Waals surface area contributed by atoms with Crippen molar-refractivity contribution >= 4 is 28.1 Å². The highest BCUT2D eigenvalue weighted by Crippen LogP contribution is 2.30. The molecule has 7 heteroatoms. The highest BCUT2D eigenvalue weighted by Gasteiger charge is 2.28. The number of likely N-dealkylation sites (tertiary alicyclic amines) is 1. The number of carbonyl (C=O) groups is 1. The van der Waals surface area contributed by atoms with Crippen LogP contribution in [0, 0.1) is 5.92 Å². The molecule has 6 rings (SSSR count). The maximum atomic E-state index is 13.3. The lowest BCUT2D eigenvalue weighted by Crippen LogP contribution is -2.41. The average Bonchev–Trinajstić information content (AvgIpc) is 3.44. The predicted octanol–water partition coefficient (Wildman–Crippen LogP) is 3.09. The number of hydrogen-bond acceptors (Lipinski definition) is 4. The van der Waals surface area contributed by atoms with Crippen LogP contribution in [0.2, 0.25) is 0 Å². The molecule has 1 amide bonds. The van der Waals surface area contributed by atoms with Crippen LogP contribution in [0.4, 0.5) is 5.69 Å². The fourth-order valence-corrected chi connectivity index (χ4v) is 5.23. The van der Waals surface area contributed by atoms with Crippen LogP contribution in [0.3, 0.4) is 0 Å². The topological polar surface area (TPSA) is 73.7 Å². The summed E-state index contributed by atoms with van der Waals surface area (Å²) in [5.74, 6) is 0.522. The molecule has 2 aliphatic heterocycles. The zero-order valence-electron chi connectivity index (χ0n) is 17.8. The van der Waals surface area contributed by atoms with E-state index in [1.54, 1.807) is 16.8 Å². The van der Waals surface area contributed by atoms with Gasteiger partial charge >= 0.3 is 0 Å². The molecule has 4 heterocycles. The second kappa shape index (κ2) is 7.51. The second-order valence-electron chi connectivity index (χ2n) is 8.85. The molecule has 2 aromatic carbocycles. The van der Waals surface area contributed by atoms with Crippen LogP contribution >= 0.6 is 0 Å². The normalized spacial score (nSPS) is 16.8. The molecule has 0 spiro atoms. The number of hydrogen-bond donors (Lipinski definition) is 1. The van der Waals surface area contributed by atoms with Gasteiger partial charge in [0.25, 0.3) is 11.5 Å². The number of nitrogens with one attached hydrogen (secondary N) is 1. The van der Waals surface area contributed by atoms with Crippen LogP contribution in [-0.4, -0.2) is 51.6 Å². The van der Waals surface area contributed by atoms with Gasteiger partial charge in [0.15, 0.2) is 0 Å². The highest BCUT2D eigenvalue weighted by molar-refractivity contribution is 6.00. The summed E-state index contributed by atoms with van der Waals surface area (Å²) in [6.45, 7) is 3.60. The summed E-state index contributed by atoms with van der Waals surface area (Å²) in [6, 6.07) is 16.0. The van der Waals surface area contributed by atoms with Crippen LogP contribution in [0.15, 0.2) is 59.5 Å². The Morgan fingerprint density at radius 3 is 2.69 bits per heavy atom. The number of benzene rings is 2. The number of carbonyl (C=O) groups excluding carboxylic acids is 1. The van der Waals surface area contributed by atoms with Crippen molar-refractivity contribution in [1.29, 1.82) is 0 Å². The number of piperidine rings is 1. The third-order valence-corrected chi connectivity index (χ3v) is 6.97.